The number of hydrogen-bond donors (Lipinski definition) is 4. The van der Waals surface area contributed by atoms with Crippen LogP contribution in [0.15, 0.2) is 0 Å². The van der Waals surface area contributed by atoms with Gasteiger partial charge in [-0.15, -0.1) is 12.4 Å². The number of unbranched alkanes of at least 4 members (excludes halogenated alkanes) is 4. The van der Waals surface area contributed by atoms with E-state index < -0.39 is 0 Å². The molecule has 0 saturated carbocycles. The van der Waals surface area contributed by atoms with Crippen molar-refractivity contribution in [2.24, 2.45) is 0 Å². The summed E-state index contributed by atoms with van der Waals surface area (Å²) in [6.07, 6.45) is 8.15. The van der Waals surface area contributed by atoms with E-state index in [2.05, 4.69) is 27.7 Å². The Bertz CT molecular complexity index is 86.1. The van der Waals surface area contributed by atoms with Crippen molar-refractivity contribution >= 4 is 35.5 Å². The minimum Gasteiger partial charge on any atom is -0.396 e. The molecule has 0 aliphatic heterocycles. The Kier molecular flexibility index (Phi) is 125. The standard InChI is InChI=1S/4C4H10O.ClH.Mg.Ti.2H/c4*1-2-3-4-5;;;;;/h4*5H,2-4H2,1H3;1H;;;;. The molecular formula is C16H43ClMgO4Ti. The SMILES string of the molecule is CCCCO.CCCCO.CCCCO.CCCCO.Cl.[MgH2].[Ti]. The van der Waals surface area contributed by atoms with Crippen molar-refractivity contribution in [2.75, 3.05) is 26.4 Å². The average molecular weight is 407 g/mol. The van der Waals surface area contributed by atoms with Crippen LogP contribution < -0.4 is 0 Å². The first-order chi connectivity index (χ1) is 9.66. The topological polar surface area (TPSA) is 80.9 Å². The third-order valence-electron chi connectivity index (χ3n) is 2.05. The molecule has 0 saturated heterocycles. The predicted molar refractivity (Wildman–Crippen MR) is 104 cm³/mol. The van der Waals surface area contributed by atoms with Gasteiger partial charge in [-0.1, -0.05) is 53.4 Å². The van der Waals surface area contributed by atoms with Crippen LogP contribution in [0.2, 0.25) is 0 Å². The molecular weight excluding hydrogens is 364 g/mol. The van der Waals surface area contributed by atoms with Crippen LogP contribution in [0.4, 0.5) is 0 Å². The van der Waals surface area contributed by atoms with Crippen LogP contribution in [-0.2, 0) is 21.7 Å². The molecule has 0 spiro atoms. The Hall–Kier alpha value is 1.61. The monoisotopic (exact) mass is 406 g/mol. The Labute approximate surface area is 182 Å². The zero-order valence-corrected chi connectivity index (χ0v) is 17.6. The fraction of sp³-hybridized carbons (Fsp3) is 1.00. The summed E-state index contributed by atoms with van der Waals surface area (Å²) in [6, 6.07) is 0. The Morgan fingerprint density at radius 3 is 0.609 bits per heavy atom. The molecule has 144 valence electrons. The van der Waals surface area contributed by atoms with Gasteiger partial charge >= 0.3 is 23.1 Å². The fourth-order valence-electron chi connectivity index (χ4n) is 0.632. The van der Waals surface area contributed by atoms with Crippen molar-refractivity contribution in [3.8, 4) is 0 Å². The van der Waals surface area contributed by atoms with Gasteiger partial charge in [-0.05, 0) is 25.7 Å². The maximum Gasteiger partial charge on any atom is 0.316 e. The fourth-order valence-corrected chi connectivity index (χ4v) is 0.632. The van der Waals surface area contributed by atoms with Gasteiger partial charge in [0.25, 0.3) is 0 Å². The first kappa shape index (κ1) is 44.2. The van der Waals surface area contributed by atoms with E-state index in [4.69, 9.17) is 20.4 Å². The quantitative estimate of drug-likeness (QED) is 0.467. The molecule has 0 bridgehead atoms. The van der Waals surface area contributed by atoms with E-state index in [-0.39, 0.29) is 57.2 Å². The van der Waals surface area contributed by atoms with Crippen LogP contribution in [0.5, 0.6) is 0 Å². The van der Waals surface area contributed by atoms with Crippen LogP contribution >= 0.6 is 12.4 Å². The third-order valence-corrected chi connectivity index (χ3v) is 2.05. The summed E-state index contributed by atoms with van der Waals surface area (Å²) in [5.41, 5.74) is 0. The smallest absolute Gasteiger partial charge is 0.316 e. The van der Waals surface area contributed by atoms with Gasteiger partial charge < -0.3 is 20.4 Å². The first-order valence-corrected chi connectivity index (χ1v) is 8.09. The van der Waals surface area contributed by atoms with Crippen molar-refractivity contribution in [3.05, 3.63) is 0 Å². The second-order valence-corrected chi connectivity index (χ2v) is 4.31. The Morgan fingerprint density at radius 1 is 0.478 bits per heavy atom. The van der Waals surface area contributed by atoms with Crippen LogP contribution in [-0.4, -0.2) is 69.9 Å². The van der Waals surface area contributed by atoms with Crippen molar-refractivity contribution in [2.45, 2.75) is 79.1 Å². The molecule has 0 rings (SSSR count). The molecule has 23 heavy (non-hydrogen) atoms. The minimum atomic E-state index is 0. The first-order valence-electron chi connectivity index (χ1n) is 8.09. The molecule has 0 unspecified atom stereocenters. The summed E-state index contributed by atoms with van der Waals surface area (Å²) >= 11 is 0. The maximum absolute atomic E-state index is 8.07. The average Bonchev–Trinajstić information content (AvgIpc) is 2.44. The van der Waals surface area contributed by atoms with Crippen molar-refractivity contribution in [1.29, 1.82) is 0 Å². The van der Waals surface area contributed by atoms with Gasteiger partial charge in [0.05, 0.1) is 0 Å². The number of halogens is 1. The van der Waals surface area contributed by atoms with Gasteiger partial charge in [-0.25, -0.2) is 0 Å². The van der Waals surface area contributed by atoms with Gasteiger partial charge in [-0.3, -0.25) is 0 Å². The van der Waals surface area contributed by atoms with Gasteiger partial charge in [0.2, 0.25) is 0 Å². The summed E-state index contributed by atoms with van der Waals surface area (Å²) in [4.78, 5) is 0. The van der Waals surface area contributed by atoms with Crippen molar-refractivity contribution in [3.63, 3.8) is 0 Å². The second kappa shape index (κ2) is 65.2. The second-order valence-electron chi connectivity index (χ2n) is 4.31. The van der Waals surface area contributed by atoms with E-state index in [0.29, 0.717) is 26.4 Å². The molecule has 7 heteroatoms. The molecule has 0 aromatic rings. The largest absolute Gasteiger partial charge is 0.396 e. The van der Waals surface area contributed by atoms with E-state index >= 15 is 0 Å². The number of rotatable bonds is 8. The van der Waals surface area contributed by atoms with E-state index in [1.54, 1.807) is 0 Å². The van der Waals surface area contributed by atoms with E-state index in [0.717, 1.165) is 51.4 Å². The summed E-state index contributed by atoms with van der Waals surface area (Å²) in [5.74, 6) is 0. The van der Waals surface area contributed by atoms with Crippen LogP contribution in [0.3, 0.4) is 0 Å². The van der Waals surface area contributed by atoms with Gasteiger partial charge in [0.1, 0.15) is 0 Å². The molecule has 4 N–H and O–H groups in total. The molecule has 0 aromatic heterocycles. The number of hydrogen-bond acceptors (Lipinski definition) is 4. The number of aliphatic hydroxyl groups is 4. The number of aliphatic hydroxyl groups excluding tert-OH is 4. The zero-order valence-electron chi connectivity index (χ0n) is 15.2. The Balaban J connectivity index is -0.0000000284. The third kappa shape index (κ3) is 119. The molecule has 4 nitrogen and oxygen atoms in total. The molecule has 0 amide bonds. The Morgan fingerprint density at radius 2 is 0.609 bits per heavy atom. The van der Waals surface area contributed by atoms with E-state index in [1.165, 1.54) is 0 Å². The van der Waals surface area contributed by atoms with Crippen LogP contribution in [0.1, 0.15) is 79.1 Å². The van der Waals surface area contributed by atoms with Crippen LogP contribution in [0, 0.1) is 0 Å². The summed E-state index contributed by atoms with van der Waals surface area (Å²) in [5, 5.41) is 32.3. The van der Waals surface area contributed by atoms with E-state index in [1.807, 2.05) is 0 Å². The van der Waals surface area contributed by atoms with Gasteiger partial charge in [0.15, 0.2) is 0 Å². The molecule has 0 heterocycles. The van der Waals surface area contributed by atoms with Crippen LogP contribution in [0.25, 0.3) is 0 Å². The predicted octanol–water partition coefficient (Wildman–Crippen LogP) is 2.62. The normalized spacial score (nSPS) is 7.30. The molecule has 0 aliphatic rings. The van der Waals surface area contributed by atoms with Gasteiger partial charge in [-0.2, -0.15) is 0 Å². The maximum atomic E-state index is 8.07. The summed E-state index contributed by atoms with van der Waals surface area (Å²) in [7, 11) is 0. The summed E-state index contributed by atoms with van der Waals surface area (Å²) in [6.45, 7) is 9.58. The van der Waals surface area contributed by atoms with Crippen molar-refractivity contribution < 1.29 is 42.1 Å². The molecule has 0 aliphatic carbocycles. The molecule has 0 radical (unpaired) electrons. The van der Waals surface area contributed by atoms with E-state index in [9.17, 15) is 0 Å². The molecule has 0 atom stereocenters. The minimum absolute atomic E-state index is 0. The van der Waals surface area contributed by atoms with Crippen molar-refractivity contribution in [1.82, 2.24) is 0 Å². The zero-order chi connectivity index (χ0) is 16.5. The molecule has 0 fully saturated rings. The van der Waals surface area contributed by atoms with Gasteiger partial charge in [0, 0.05) is 48.1 Å². The molecule has 0 aromatic carbocycles. The summed E-state index contributed by atoms with van der Waals surface area (Å²) < 4.78 is 0.